The summed E-state index contributed by atoms with van der Waals surface area (Å²) >= 11 is 5.75. The summed E-state index contributed by atoms with van der Waals surface area (Å²) in [5, 5.41) is 11.6. The Morgan fingerprint density at radius 1 is 1.75 bits per heavy atom. The Labute approximate surface area is 98.2 Å². The number of nitrogens with one attached hydrogen (secondary N) is 1. The fourth-order valence-electron chi connectivity index (χ4n) is 1.15. The Morgan fingerprint density at radius 2 is 2.44 bits per heavy atom. The van der Waals surface area contributed by atoms with Crippen molar-refractivity contribution in [3.63, 3.8) is 0 Å². The summed E-state index contributed by atoms with van der Waals surface area (Å²) in [6, 6.07) is 4.52. The number of rotatable bonds is 4. The lowest BCUT2D eigenvalue weighted by molar-refractivity contribution is -0.118. The van der Waals surface area contributed by atoms with Crippen molar-refractivity contribution in [1.82, 2.24) is 4.98 Å². The van der Waals surface area contributed by atoms with Gasteiger partial charge in [0, 0.05) is 0 Å². The molecule has 0 spiro atoms. The van der Waals surface area contributed by atoms with E-state index < -0.39 is 11.9 Å². The zero-order valence-electron chi connectivity index (χ0n) is 8.70. The third-order valence-electron chi connectivity index (χ3n) is 2.04. The molecule has 1 aromatic rings. The summed E-state index contributed by atoms with van der Waals surface area (Å²) in [7, 11) is 0. The number of halogens is 1. The number of nitriles is 1. The smallest absolute Gasteiger partial charge is 0.239 e. The number of amides is 1. The monoisotopic (exact) mass is 238 g/mol. The molecular weight excluding hydrogens is 228 g/mol. The van der Waals surface area contributed by atoms with Crippen molar-refractivity contribution in [2.45, 2.75) is 19.4 Å². The number of nitrogens with two attached hydrogens (primary N) is 1. The molecule has 6 heteroatoms. The van der Waals surface area contributed by atoms with Crippen molar-refractivity contribution in [2.75, 3.05) is 5.32 Å². The van der Waals surface area contributed by atoms with E-state index in [0.29, 0.717) is 17.8 Å². The predicted octanol–water partition coefficient (Wildman–Crippen LogP) is 1.28. The summed E-state index contributed by atoms with van der Waals surface area (Å²) in [5.41, 5.74) is 5.47. The summed E-state index contributed by atoms with van der Waals surface area (Å²) in [4.78, 5) is 14.9. The number of hydrogen-bond donors (Lipinski definition) is 2. The second-order valence-corrected chi connectivity index (χ2v) is 3.51. The first-order valence-corrected chi connectivity index (χ1v) is 5.08. The van der Waals surface area contributed by atoms with E-state index in [4.69, 9.17) is 22.6 Å². The lowest BCUT2D eigenvalue weighted by Gasteiger charge is -2.13. The van der Waals surface area contributed by atoms with Crippen molar-refractivity contribution in [3.8, 4) is 6.07 Å². The van der Waals surface area contributed by atoms with E-state index in [2.05, 4.69) is 10.3 Å². The molecule has 0 aliphatic heterocycles. The Hall–Kier alpha value is -1.80. The minimum atomic E-state index is -0.489. The van der Waals surface area contributed by atoms with Crippen LogP contribution < -0.4 is 11.1 Å². The molecule has 0 saturated carbocycles. The lowest BCUT2D eigenvalue weighted by atomic mass is 10.2. The molecule has 1 rings (SSSR count). The van der Waals surface area contributed by atoms with E-state index in [0.717, 1.165) is 0 Å². The van der Waals surface area contributed by atoms with Crippen molar-refractivity contribution < 1.29 is 4.79 Å². The average molecular weight is 239 g/mol. The highest BCUT2D eigenvalue weighted by atomic mass is 35.5. The lowest BCUT2D eigenvalue weighted by Crippen LogP contribution is -2.35. The summed E-state index contributed by atoms with van der Waals surface area (Å²) in [5.74, 6) is -0.0283. The van der Waals surface area contributed by atoms with Crippen molar-refractivity contribution in [2.24, 2.45) is 5.73 Å². The molecule has 0 aromatic carbocycles. The Morgan fingerprint density at radius 3 is 2.88 bits per heavy atom. The number of nitrogens with zero attached hydrogens (tertiary/aromatic N) is 2. The largest absolute Gasteiger partial charge is 0.368 e. The number of pyridine rings is 1. The average Bonchev–Trinajstić information content (AvgIpc) is 2.25. The molecule has 5 nitrogen and oxygen atoms in total. The van der Waals surface area contributed by atoms with Crippen LogP contribution in [0.15, 0.2) is 12.1 Å². The second kappa shape index (κ2) is 5.33. The Kier molecular flexibility index (Phi) is 4.09. The van der Waals surface area contributed by atoms with E-state index >= 15 is 0 Å². The third kappa shape index (κ3) is 2.84. The van der Waals surface area contributed by atoms with Crippen LogP contribution in [-0.2, 0) is 4.79 Å². The molecule has 84 valence electrons. The minimum Gasteiger partial charge on any atom is -0.368 e. The number of carbonyl (C=O) groups excluding carboxylic acids is 1. The SMILES string of the molecule is CC[C@@H](Nc1ccc(C#N)c(Cl)n1)C(N)=O. The van der Waals surface area contributed by atoms with Gasteiger partial charge >= 0.3 is 0 Å². The maximum Gasteiger partial charge on any atom is 0.239 e. The van der Waals surface area contributed by atoms with Crippen molar-refractivity contribution in [1.29, 1.82) is 5.26 Å². The molecule has 0 fully saturated rings. The van der Waals surface area contributed by atoms with Crippen LogP contribution in [-0.4, -0.2) is 16.9 Å². The van der Waals surface area contributed by atoms with Crippen LogP contribution in [0, 0.1) is 11.3 Å². The quantitative estimate of drug-likeness (QED) is 0.773. The summed E-state index contributed by atoms with van der Waals surface area (Å²) in [6.45, 7) is 1.83. The number of primary amides is 1. The van der Waals surface area contributed by atoms with Gasteiger partial charge in [-0.3, -0.25) is 4.79 Å². The van der Waals surface area contributed by atoms with Crippen molar-refractivity contribution in [3.05, 3.63) is 22.8 Å². The van der Waals surface area contributed by atoms with Gasteiger partial charge in [0.05, 0.1) is 5.56 Å². The maximum atomic E-state index is 11.0. The van der Waals surface area contributed by atoms with Gasteiger partial charge in [-0.25, -0.2) is 4.98 Å². The van der Waals surface area contributed by atoms with Gasteiger partial charge in [0.2, 0.25) is 5.91 Å². The zero-order chi connectivity index (χ0) is 12.1. The first-order chi connectivity index (χ1) is 7.58. The maximum absolute atomic E-state index is 11.0. The highest BCUT2D eigenvalue weighted by Crippen LogP contribution is 2.16. The first kappa shape index (κ1) is 12.3. The first-order valence-electron chi connectivity index (χ1n) is 4.71. The molecule has 0 bridgehead atoms. The summed E-state index contributed by atoms with van der Waals surface area (Å²) in [6.07, 6.45) is 0.550. The van der Waals surface area contributed by atoms with E-state index in [-0.39, 0.29) is 5.15 Å². The normalized spacial score (nSPS) is 11.6. The molecule has 0 radical (unpaired) electrons. The molecule has 16 heavy (non-hydrogen) atoms. The molecular formula is C10H11ClN4O. The topological polar surface area (TPSA) is 91.8 Å². The Balaban J connectivity index is 2.87. The fraction of sp³-hybridized carbons (Fsp3) is 0.300. The minimum absolute atomic E-state index is 0.104. The van der Waals surface area contributed by atoms with E-state index in [9.17, 15) is 4.79 Å². The van der Waals surface area contributed by atoms with Gasteiger partial charge in [-0.05, 0) is 18.6 Å². The molecule has 1 atom stereocenters. The molecule has 1 heterocycles. The zero-order valence-corrected chi connectivity index (χ0v) is 9.45. The van der Waals surface area contributed by atoms with Crippen LogP contribution in [0.2, 0.25) is 5.15 Å². The van der Waals surface area contributed by atoms with E-state index in [1.165, 1.54) is 6.07 Å². The van der Waals surface area contributed by atoms with Crippen LogP contribution in [0.5, 0.6) is 0 Å². The standard InChI is InChI=1S/C10H11ClN4O/c1-2-7(10(13)16)14-8-4-3-6(5-12)9(11)15-8/h3-4,7H,2H2,1H3,(H2,13,16)(H,14,15)/t7-/m1/s1. The highest BCUT2D eigenvalue weighted by molar-refractivity contribution is 6.30. The fourth-order valence-corrected chi connectivity index (χ4v) is 1.35. The van der Waals surface area contributed by atoms with Crippen LogP contribution in [0.3, 0.4) is 0 Å². The molecule has 1 amide bonds. The van der Waals surface area contributed by atoms with Crippen LogP contribution >= 0.6 is 11.6 Å². The number of anilines is 1. The van der Waals surface area contributed by atoms with Gasteiger partial charge < -0.3 is 11.1 Å². The van der Waals surface area contributed by atoms with Gasteiger partial charge in [0.15, 0.2) is 0 Å². The molecule has 0 aliphatic carbocycles. The van der Waals surface area contributed by atoms with Gasteiger partial charge in [0.25, 0.3) is 0 Å². The number of hydrogen-bond acceptors (Lipinski definition) is 4. The molecule has 3 N–H and O–H groups in total. The van der Waals surface area contributed by atoms with Gasteiger partial charge in [0.1, 0.15) is 23.1 Å². The molecule has 0 unspecified atom stereocenters. The van der Waals surface area contributed by atoms with E-state index in [1.54, 1.807) is 6.07 Å². The number of carbonyl (C=O) groups is 1. The second-order valence-electron chi connectivity index (χ2n) is 3.15. The molecule has 1 aromatic heterocycles. The van der Waals surface area contributed by atoms with E-state index in [1.807, 2.05) is 13.0 Å². The van der Waals surface area contributed by atoms with Gasteiger partial charge in [-0.1, -0.05) is 18.5 Å². The molecule has 0 saturated heterocycles. The molecule has 0 aliphatic rings. The van der Waals surface area contributed by atoms with Crippen LogP contribution in [0.25, 0.3) is 0 Å². The van der Waals surface area contributed by atoms with Gasteiger partial charge in [-0.2, -0.15) is 5.26 Å². The predicted molar refractivity (Wildman–Crippen MR) is 60.9 cm³/mol. The third-order valence-corrected chi connectivity index (χ3v) is 2.33. The summed E-state index contributed by atoms with van der Waals surface area (Å²) < 4.78 is 0. The number of aromatic nitrogens is 1. The van der Waals surface area contributed by atoms with Crippen LogP contribution in [0.4, 0.5) is 5.82 Å². The Bertz CT molecular complexity index is 441. The van der Waals surface area contributed by atoms with Crippen LogP contribution in [0.1, 0.15) is 18.9 Å². The highest BCUT2D eigenvalue weighted by Gasteiger charge is 2.13. The van der Waals surface area contributed by atoms with Gasteiger partial charge in [-0.15, -0.1) is 0 Å². The van der Waals surface area contributed by atoms with Crippen molar-refractivity contribution >= 4 is 23.3 Å².